The van der Waals surface area contributed by atoms with Gasteiger partial charge < -0.3 is 14.9 Å². The van der Waals surface area contributed by atoms with Crippen LogP contribution >= 0.6 is 0 Å². The van der Waals surface area contributed by atoms with Gasteiger partial charge in [-0.05, 0) is 50.5 Å². The van der Waals surface area contributed by atoms with Crippen molar-refractivity contribution in [3.63, 3.8) is 0 Å². The highest BCUT2D eigenvalue weighted by Gasteiger charge is 2.28. The summed E-state index contributed by atoms with van der Waals surface area (Å²) in [6.45, 7) is 0.452. The summed E-state index contributed by atoms with van der Waals surface area (Å²) >= 11 is 0. The molecule has 2 aliphatic rings. The number of hydrogen-bond donors (Lipinski definition) is 2. The monoisotopic (exact) mass is 418 g/mol. The molecule has 0 unspecified atom stereocenters. The molecule has 3 aromatic rings. The summed E-state index contributed by atoms with van der Waals surface area (Å²) < 4.78 is 2.36. The van der Waals surface area contributed by atoms with Crippen LogP contribution in [0.2, 0.25) is 0 Å². The van der Waals surface area contributed by atoms with Gasteiger partial charge in [-0.1, -0.05) is 19.3 Å². The van der Waals surface area contributed by atoms with Crippen molar-refractivity contribution in [2.24, 2.45) is 11.8 Å². The second-order valence-electron chi connectivity index (χ2n) is 9.22. The number of H-pyrrole nitrogens is 1. The summed E-state index contributed by atoms with van der Waals surface area (Å²) in [7, 11) is 0. The largest absolute Gasteiger partial charge is 0.349 e. The summed E-state index contributed by atoms with van der Waals surface area (Å²) in [5.74, 6) is 1.73. The maximum atomic E-state index is 12.8. The first kappa shape index (κ1) is 20.0. The second kappa shape index (κ2) is 8.70. The Morgan fingerprint density at radius 1 is 1.19 bits per heavy atom. The molecule has 2 saturated carbocycles. The molecule has 2 N–H and O–H groups in total. The van der Waals surface area contributed by atoms with Crippen LogP contribution in [-0.2, 0) is 11.3 Å². The van der Waals surface area contributed by atoms with E-state index in [4.69, 9.17) is 10.2 Å². The number of nitrogens with one attached hydrogen (secondary N) is 2. The van der Waals surface area contributed by atoms with Crippen molar-refractivity contribution in [3.8, 4) is 6.07 Å². The lowest BCUT2D eigenvalue weighted by Gasteiger charge is -2.30. The molecular formula is C24H30N6O. The molecule has 5 rings (SSSR count). The van der Waals surface area contributed by atoms with E-state index in [0.717, 1.165) is 79.3 Å². The van der Waals surface area contributed by atoms with Gasteiger partial charge in [0.25, 0.3) is 0 Å². The molecule has 0 aromatic carbocycles. The van der Waals surface area contributed by atoms with Crippen LogP contribution in [0.1, 0.15) is 76.1 Å². The van der Waals surface area contributed by atoms with Crippen molar-refractivity contribution in [1.29, 1.82) is 5.26 Å². The summed E-state index contributed by atoms with van der Waals surface area (Å²) in [4.78, 5) is 25.4. The van der Waals surface area contributed by atoms with Crippen LogP contribution in [-0.4, -0.2) is 25.4 Å². The van der Waals surface area contributed by atoms with E-state index < -0.39 is 0 Å². The van der Waals surface area contributed by atoms with Crippen LogP contribution < -0.4 is 5.32 Å². The van der Waals surface area contributed by atoms with Gasteiger partial charge in [0.1, 0.15) is 17.0 Å². The topological polar surface area (TPSA) is 99.4 Å². The Morgan fingerprint density at radius 3 is 2.77 bits per heavy atom. The number of amides is 1. The maximum Gasteiger partial charge on any atom is 0.223 e. The number of nitriles is 1. The second-order valence-corrected chi connectivity index (χ2v) is 9.22. The number of carbonyl (C=O) groups is 1. The van der Waals surface area contributed by atoms with E-state index in [1.807, 2.05) is 12.4 Å². The number of carbonyl (C=O) groups excluding carboxylic acids is 1. The van der Waals surface area contributed by atoms with Gasteiger partial charge in [-0.25, -0.2) is 9.97 Å². The molecule has 7 nitrogen and oxygen atoms in total. The van der Waals surface area contributed by atoms with Crippen molar-refractivity contribution < 1.29 is 4.79 Å². The maximum absolute atomic E-state index is 12.8. The highest BCUT2D eigenvalue weighted by atomic mass is 16.1. The van der Waals surface area contributed by atoms with Gasteiger partial charge in [-0.15, -0.1) is 0 Å². The zero-order chi connectivity index (χ0) is 21.2. The molecule has 3 heterocycles. The molecule has 3 aromatic heterocycles. The van der Waals surface area contributed by atoms with Crippen molar-refractivity contribution in [2.45, 2.75) is 76.8 Å². The first-order chi connectivity index (χ1) is 15.2. The number of aromatic nitrogens is 4. The van der Waals surface area contributed by atoms with E-state index >= 15 is 0 Å². The van der Waals surface area contributed by atoms with Crippen molar-refractivity contribution in [3.05, 3.63) is 24.3 Å². The van der Waals surface area contributed by atoms with Gasteiger partial charge in [0, 0.05) is 30.0 Å². The Labute approximate surface area is 182 Å². The average molecular weight is 419 g/mol. The molecule has 162 valence electrons. The van der Waals surface area contributed by atoms with Gasteiger partial charge in [0.15, 0.2) is 0 Å². The molecule has 7 heteroatoms. The normalized spacial score (nSPS) is 22.5. The molecule has 0 radical (unpaired) electrons. The summed E-state index contributed by atoms with van der Waals surface area (Å²) in [6.07, 6.45) is 14.1. The van der Waals surface area contributed by atoms with Gasteiger partial charge in [-0.2, -0.15) is 5.26 Å². The predicted molar refractivity (Wildman–Crippen MR) is 119 cm³/mol. The minimum atomic E-state index is 0.144. The molecular weight excluding hydrogens is 388 g/mol. The fourth-order valence-electron chi connectivity index (χ4n) is 5.57. The Kier molecular flexibility index (Phi) is 5.63. The van der Waals surface area contributed by atoms with Gasteiger partial charge in [-0.3, -0.25) is 4.79 Å². The van der Waals surface area contributed by atoms with Gasteiger partial charge in [0.2, 0.25) is 5.91 Å². The van der Waals surface area contributed by atoms with Crippen LogP contribution in [0.3, 0.4) is 0 Å². The van der Waals surface area contributed by atoms with E-state index in [1.165, 1.54) is 6.42 Å². The zero-order valence-corrected chi connectivity index (χ0v) is 17.9. The first-order valence-electron chi connectivity index (χ1n) is 11.7. The van der Waals surface area contributed by atoms with E-state index in [1.54, 1.807) is 0 Å². The van der Waals surface area contributed by atoms with E-state index in [2.05, 4.69) is 32.0 Å². The molecule has 31 heavy (non-hydrogen) atoms. The van der Waals surface area contributed by atoms with E-state index in [0.29, 0.717) is 24.9 Å². The minimum absolute atomic E-state index is 0.144. The zero-order valence-electron chi connectivity index (χ0n) is 17.9. The fourth-order valence-corrected chi connectivity index (χ4v) is 5.57. The first-order valence-corrected chi connectivity index (χ1v) is 11.7. The Balaban J connectivity index is 1.45. The number of imidazole rings is 1. The molecule has 0 bridgehead atoms. The number of fused-ring (bicyclic) bond motifs is 3. The fraction of sp³-hybridized carbons (Fsp3) is 0.583. The van der Waals surface area contributed by atoms with Crippen molar-refractivity contribution >= 4 is 28.0 Å². The predicted octanol–water partition coefficient (Wildman–Crippen LogP) is 4.75. The van der Waals surface area contributed by atoms with Crippen LogP contribution in [0.4, 0.5) is 0 Å². The quantitative estimate of drug-likeness (QED) is 0.624. The van der Waals surface area contributed by atoms with Crippen LogP contribution in [0.25, 0.3) is 22.1 Å². The summed E-state index contributed by atoms with van der Waals surface area (Å²) in [5.41, 5.74) is 2.86. The van der Waals surface area contributed by atoms with Gasteiger partial charge in [0.05, 0.1) is 24.3 Å². The molecule has 0 atom stereocenters. The standard InChI is InChI=1S/C24H30N6O/c25-12-10-16-6-8-18(9-7-16)30-21(15-28-24(31)17-4-2-1-3-5-17)29-20-14-27-23-19(22(20)30)11-13-26-23/h11,13-14,16-18H,1-10,15H2,(H,26,27)(H,28,31)/t16-,18-. The van der Waals surface area contributed by atoms with Crippen molar-refractivity contribution in [1.82, 2.24) is 24.8 Å². The molecule has 1 amide bonds. The number of rotatable bonds is 5. The Bertz CT molecular complexity index is 1110. The lowest BCUT2D eigenvalue weighted by atomic mass is 9.84. The average Bonchev–Trinajstić information content (AvgIpc) is 3.43. The number of aromatic amines is 1. The minimum Gasteiger partial charge on any atom is -0.349 e. The SMILES string of the molecule is N#CC[C@H]1CC[C@H](n2c(CNC(=O)C3CCCCC3)nc3cnc4[nH]ccc4c32)CC1. The third-order valence-electron chi connectivity index (χ3n) is 7.27. The molecule has 2 fully saturated rings. The smallest absolute Gasteiger partial charge is 0.223 e. The van der Waals surface area contributed by atoms with Gasteiger partial charge >= 0.3 is 0 Å². The molecule has 2 aliphatic carbocycles. The number of hydrogen-bond acceptors (Lipinski definition) is 4. The highest BCUT2D eigenvalue weighted by Crippen LogP contribution is 2.38. The van der Waals surface area contributed by atoms with Crippen LogP contribution in [0.15, 0.2) is 18.5 Å². The lowest BCUT2D eigenvalue weighted by Crippen LogP contribution is -2.32. The third-order valence-corrected chi connectivity index (χ3v) is 7.27. The van der Waals surface area contributed by atoms with Crippen molar-refractivity contribution in [2.75, 3.05) is 0 Å². The lowest BCUT2D eigenvalue weighted by molar-refractivity contribution is -0.126. The number of nitrogens with zero attached hydrogens (tertiary/aromatic N) is 4. The highest BCUT2D eigenvalue weighted by molar-refractivity contribution is 6.01. The van der Waals surface area contributed by atoms with Crippen LogP contribution in [0.5, 0.6) is 0 Å². The van der Waals surface area contributed by atoms with E-state index in [-0.39, 0.29) is 11.8 Å². The summed E-state index contributed by atoms with van der Waals surface area (Å²) in [6, 6.07) is 4.73. The third kappa shape index (κ3) is 3.91. The van der Waals surface area contributed by atoms with Crippen LogP contribution in [0, 0.1) is 23.2 Å². The number of pyridine rings is 1. The van der Waals surface area contributed by atoms with E-state index in [9.17, 15) is 4.79 Å². The Hall–Kier alpha value is -2.88. The molecule has 0 saturated heterocycles. The molecule has 0 spiro atoms. The summed E-state index contributed by atoms with van der Waals surface area (Å²) in [5, 5.41) is 13.3. The Morgan fingerprint density at radius 2 is 2.00 bits per heavy atom. The molecule has 0 aliphatic heterocycles.